The molecule has 0 aromatic carbocycles. The lowest BCUT2D eigenvalue weighted by atomic mass is 10.1. The van der Waals surface area contributed by atoms with Crippen LogP contribution in [0.2, 0.25) is 0 Å². The minimum Gasteiger partial charge on any atom is -0.480 e. The molecular formula is C30H65N9O11. The van der Waals surface area contributed by atoms with Gasteiger partial charge in [0.05, 0.1) is 18.1 Å². The molecule has 0 radical (unpaired) electrons. The van der Waals surface area contributed by atoms with Crippen LogP contribution in [0.5, 0.6) is 0 Å². The van der Waals surface area contributed by atoms with E-state index in [9.17, 15) is 38.4 Å². The second-order valence-electron chi connectivity index (χ2n) is 10.4. The zero-order valence-electron chi connectivity index (χ0n) is 30.9. The molecule has 0 bridgehead atoms. The number of carboxylic acid groups (broad SMARTS) is 1. The number of imide groups is 1. The standard InChI is InChI=1S/2C8H16N2O2.C7H14N2O3.C7H12N2O2.H3N.2H2O/c2*1-3-7(11)6(10-2)4-5-8(9)12;1-8-5(7(11)12)3-4-6(10)9-2;1-8-5-3-4-6(10)9(2)7(5)11;;;/h2*6,10H,3-5H2,1-2H3,(H2,9,12);5,8H,3-4H2,1-2H3,(H,9,10)(H,11,12);5,8H,3-4H2,1-2H3;1H3;2*1H2. The third-order valence-electron chi connectivity index (χ3n) is 7.11. The number of nitrogens with one attached hydrogen (secondary N) is 5. The fourth-order valence-corrected chi connectivity index (χ4v) is 3.97. The van der Waals surface area contributed by atoms with Crippen LogP contribution in [0.25, 0.3) is 0 Å². The number of piperidine rings is 1. The lowest BCUT2D eigenvalue weighted by Gasteiger charge is -2.26. The number of carboxylic acids is 1. The molecule has 17 N–H and O–H groups in total. The highest BCUT2D eigenvalue weighted by molar-refractivity contribution is 6.00. The fourth-order valence-electron chi connectivity index (χ4n) is 3.97. The summed E-state index contributed by atoms with van der Waals surface area (Å²) in [5.74, 6) is -1.75. The summed E-state index contributed by atoms with van der Waals surface area (Å²) in [6.07, 6.45) is 4.13. The summed E-state index contributed by atoms with van der Waals surface area (Å²) in [5, 5.41) is 22.2. The molecule has 1 rings (SSSR count). The average molecular weight is 728 g/mol. The summed E-state index contributed by atoms with van der Waals surface area (Å²) in [6.45, 7) is 3.61. The Morgan fingerprint density at radius 3 is 1.42 bits per heavy atom. The summed E-state index contributed by atoms with van der Waals surface area (Å²) >= 11 is 0. The zero-order chi connectivity index (χ0) is 37.1. The van der Waals surface area contributed by atoms with Crippen LogP contribution in [0.4, 0.5) is 0 Å². The predicted octanol–water partition coefficient (Wildman–Crippen LogP) is -3.31. The maximum atomic E-state index is 11.2. The predicted molar refractivity (Wildman–Crippen MR) is 189 cm³/mol. The number of hydrogen-bond donors (Lipinski definition) is 9. The van der Waals surface area contributed by atoms with E-state index in [0.29, 0.717) is 44.9 Å². The van der Waals surface area contributed by atoms with Crippen molar-refractivity contribution in [1.29, 1.82) is 0 Å². The number of nitrogens with zero attached hydrogens (tertiary/aromatic N) is 1. The number of amides is 5. The largest absolute Gasteiger partial charge is 0.480 e. The first kappa shape index (κ1) is 58.3. The van der Waals surface area contributed by atoms with Gasteiger partial charge in [0, 0.05) is 52.6 Å². The van der Waals surface area contributed by atoms with Gasteiger partial charge in [0.15, 0.2) is 0 Å². The van der Waals surface area contributed by atoms with Crippen LogP contribution in [-0.4, -0.2) is 134 Å². The van der Waals surface area contributed by atoms with Crippen molar-refractivity contribution in [2.24, 2.45) is 11.5 Å². The van der Waals surface area contributed by atoms with Crippen molar-refractivity contribution >= 4 is 47.1 Å². The van der Waals surface area contributed by atoms with Crippen molar-refractivity contribution in [2.45, 2.75) is 102 Å². The van der Waals surface area contributed by atoms with Crippen LogP contribution in [0.3, 0.4) is 0 Å². The molecule has 20 nitrogen and oxygen atoms in total. The lowest BCUT2D eigenvalue weighted by molar-refractivity contribution is -0.148. The molecule has 1 aliphatic rings. The number of Topliss-reactive ketones (excluding diaryl/α,β-unsaturated/α-hetero) is 2. The molecule has 4 atom stereocenters. The number of carbonyl (C=O) groups is 8. The van der Waals surface area contributed by atoms with Crippen molar-refractivity contribution in [2.75, 3.05) is 42.3 Å². The van der Waals surface area contributed by atoms with Gasteiger partial charge in [-0.05, 0) is 53.9 Å². The highest BCUT2D eigenvalue weighted by Crippen LogP contribution is 2.10. The van der Waals surface area contributed by atoms with Crippen LogP contribution in [0.15, 0.2) is 0 Å². The van der Waals surface area contributed by atoms with Gasteiger partial charge in [-0.2, -0.15) is 0 Å². The highest BCUT2D eigenvalue weighted by atomic mass is 16.4. The number of nitrogens with two attached hydrogens (primary N) is 2. The number of aliphatic carboxylic acids is 1. The third kappa shape index (κ3) is 28.0. The molecular weight excluding hydrogens is 662 g/mol. The number of likely N-dealkylation sites (tertiary alicyclic amines) is 1. The minimum atomic E-state index is -0.929. The quantitative estimate of drug-likeness (QED) is 0.0624. The number of primary amides is 2. The van der Waals surface area contributed by atoms with Gasteiger partial charge in [-0.25, -0.2) is 0 Å². The van der Waals surface area contributed by atoms with E-state index in [4.69, 9.17) is 16.6 Å². The van der Waals surface area contributed by atoms with Gasteiger partial charge < -0.3 is 60.3 Å². The molecule has 5 amide bonds. The number of carbonyl (C=O) groups excluding carboxylic acids is 7. The maximum Gasteiger partial charge on any atom is 0.320 e. The van der Waals surface area contributed by atoms with Crippen LogP contribution < -0.4 is 44.2 Å². The zero-order valence-corrected chi connectivity index (χ0v) is 30.9. The monoisotopic (exact) mass is 727 g/mol. The highest BCUT2D eigenvalue weighted by Gasteiger charge is 2.30. The maximum absolute atomic E-state index is 11.2. The van der Waals surface area contributed by atoms with Crippen molar-refractivity contribution < 1.29 is 54.4 Å². The lowest BCUT2D eigenvalue weighted by Crippen LogP contribution is -2.50. The van der Waals surface area contributed by atoms with Gasteiger partial charge in [-0.1, -0.05) is 13.8 Å². The van der Waals surface area contributed by atoms with Crippen molar-refractivity contribution in [3.05, 3.63) is 0 Å². The van der Waals surface area contributed by atoms with Gasteiger partial charge in [0.25, 0.3) is 0 Å². The Balaban J connectivity index is -0.000000127. The Labute approximate surface area is 295 Å². The van der Waals surface area contributed by atoms with E-state index < -0.39 is 12.0 Å². The Kier molecular flexibility index (Phi) is 40.7. The molecule has 0 aromatic rings. The number of ketones is 2. The fraction of sp³-hybridized carbons (Fsp3) is 0.733. The molecule has 0 saturated carbocycles. The second kappa shape index (κ2) is 34.9. The van der Waals surface area contributed by atoms with Crippen molar-refractivity contribution in [3.63, 3.8) is 0 Å². The first-order chi connectivity index (χ1) is 22.0. The molecule has 50 heavy (non-hydrogen) atoms. The topological polar surface area (TPSA) is 370 Å². The van der Waals surface area contributed by atoms with E-state index in [1.54, 1.807) is 42.0 Å². The molecule has 1 saturated heterocycles. The minimum absolute atomic E-state index is 0. The molecule has 1 fully saturated rings. The summed E-state index contributed by atoms with van der Waals surface area (Å²) in [5.41, 5.74) is 9.92. The van der Waals surface area contributed by atoms with Crippen molar-refractivity contribution in [3.8, 4) is 0 Å². The van der Waals surface area contributed by atoms with E-state index in [2.05, 4.69) is 26.6 Å². The number of likely N-dealkylation sites (N-methyl/N-ethyl adjacent to an activating group) is 5. The summed E-state index contributed by atoms with van der Waals surface area (Å²) in [6, 6.07) is -1.25. The van der Waals surface area contributed by atoms with Gasteiger partial charge in [0.1, 0.15) is 17.6 Å². The van der Waals surface area contributed by atoms with Gasteiger partial charge in [-0.3, -0.25) is 43.3 Å². The van der Waals surface area contributed by atoms with E-state index in [1.165, 1.54) is 19.0 Å². The van der Waals surface area contributed by atoms with Crippen LogP contribution in [0.1, 0.15) is 78.1 Å². The van der Waals surface area contributed by atoms with Gasteiger partial charge in [-0.15, -0.1) is 0 Å². The van der Waals surface area contributed by atoms with E-state index in [-0.39, 0.29) is 95.6 Å². The molecule has 0 aromatic heterocycles. The van der Waals surface area contributed by atoms with E-state index >= 15 is 0 Å². The van der Waals surface area contributed by atoms with Crippen LogP contribution in [-0.2, 0) is 38.4 Å². The molecule has 296 valence electrons. The number of rotatable bonds is 18. The third-order valence-corrected chi connectivity index (χ3v) is 7.11. The van der Waals surface area contributed by atoms with Gasteiger partial charge >= 0.3 is 5.97 Å². The van der Waals surface area contributed by atoms with Crippen molar-refractivity contribution in [1.82, 2.24) is 37.6 Å². The second-order valence-corrected chi connectivity index (χ2v) is 10.4. The first-order valence-corrected chi connectivity index (χ1v) is 15.6. The Bertz CT molecular complexity index is 979. The van der Waals surface area contributed by atoms with Gasteiger partial charge in [0.2, 0.25) is 29.5 Å². The number of hydrogen-bond acceptors (Lipinski definition) is 13. The summed E-state index contributed by atoms with van der Waals surface area (Å²) in [7, 11) is 9.75. The Morgan fingerprint density at radius 2 is 1.14 bits per heavy atom. The molecule has 4 unspecified atom stereocenters. The smallest absolute Gasteiger partial charge is 0.320 e. The molecule has 1 aliphatic heterocycles. The van der Waals surface area contributed by atoms with E-state index in [0.717, 1.165) is 0 Å². The van der Waals surface area contributed by atoms with E-state index in [1.807, 2.05) is 0 Å². The molecule has 0 spiro atoms. The first-order valence-electron chi connectivity index (χ1n) is 15.6. The average Bonchev–Trinajstić information content (AvgIpc) is 3.04. The Hall–Kier alpha value is -3.92. The molecule has 0 aliphatic carbocycles. The normalized spacial score (nSPS) is 14.6. The Morgan fingerprint density at radius 1 is 0.760 bits per heavy atom. The summed E-state index contributed by atoms with van der Waals surface area (Å²) in [4.78, 5) is 87.6. The van der Waals surface area contributed by atoms with Crippen LogP contribution in [0, 0.1) is 0 Å². The molecule has 20 heteroatoms. The van der Waals surface area contributed by atoms with Crippen LogP contribution >= 0.6 is 0 Å². The SMILES string of the molecule is CCC(=O)C(CCC(N)=O)NC.CCC(=O)C(CCC(N)=O)NC.CNC(=O)CCC(NC)C(=O)O.CNC1CCC(=O)N(C)C1=O.N.O.O. The molecule has 1 heterocycles. The summed E-state index contributed by atoms with van der Waals surface area (Å²) < 4.78 is 0.